The van der Waals surface area contributed by atoms with Gasteiger partial charge in [0.1, 0.15) is 0 Å². The zero-order valence-corrected chi connectivity index (χ0v) is 17.7. The maximum atomic E-state index is 13.2. The Bertz CT molecular complexity index is 884. The average Bonchev–Trinajstić information content (AvgIpc) is 2.83. The molecule has 1 aromatic carbocycles. The normalized spacial score (nSPS) is 21.8. The first-order valence-corrected chi connectivity index (χ1v) is 11.4. The summed E-state index contributed by atoms with van der Waals surface area (Å²) in [6.07, 6.45) is 8.48. The first-order chi connectivity index (χ1) is 13.5. The summed E-state index contributed by atoms with van der Waals surface area (Å²) in [6.45, 7) is 4.65. The minimum absolute atomic E-state index is 0.0568. The summed E-state index contributed by atoms with van der Waals surface area (Å²) in [6, 6.07) is 8.48. The van der Waals surface area contributed by atoms with Crippen LogP contribution in [0.2, 0.25) is 0 Å². The molecule has 1 unspecified atom stereocenters. The molecule has 2 amide bonds. The number of hydrogen-bond donors (Lipinski definition) is 1. The molecule has 0 radical (unpaired) electrons. The molecule has 0 spiro atoms. The van der Waals surface area contributed by atoms with Crippen molar-refractivity contribution < 1.29 is 9.59 Å². The van der Waals surface area contributed by atoms with E-state index >= 15 is 0 Å². The van der Waals surface area contributed by atoms with Gasteiger partial charge in [-0.2, -0.15) is 0 Å². The zero-order valence-electron chi connectivity index (χ0n) is 16.9. The van der Waals surface area contributed by atoms with Crippen LogP contribution in [0.15, 0.2) is 24.3 Å². The molecule has 1 aromatic heterocycles. The molecule has 1 aliphatic carbocycles. The van der Waals surface area contributed by atoms with Crippen molar-refractivity contribution in [3.8, 4) is 0 Å². The largest absolute Gasteiger partial charge is 0.346 e. The van der Waals surface area contributed by atoms with Gasteiger partial charge in [0.05, 0.1) is 4.88 Å². The van der Waals surface area contributed by atoms with E-state index < -0.39 is 0 Å². The number of nitrogens with zero attached hydrogens (tertiary/aromatic N) is 1. The van der Waals surface area contributed by atoms with Crippen LogP contribution < -0.4 is 5.32 Å². The highest BCUT2D eigenvalue weighted by Crippen LogP contribution is 2.36. The Hall–Kier alpha value is -1.88. The second-order valence-electron chi connectivity index (χ2n) is 8.69. The van der Waals surface area contributed by atoms with Crippen LogP contribution in [0.25, 0.3) is 10.1 Å². The van der Waals surface area contributed by atoms with Crippen molar-refractivity contribution in [2.45, 2.75) is 76.8 Å². The molecular formula is C23H30N2O2S. The third-order valence-corrected chi connectivity index (χ3v) is 7.71. The number of amides is 2. The van der Waals surface area contributed by atoms with Crippen molar-refractivity contribution in [3.63, 3.8) is 0 Å². The van der Waals surface area contributed by atoms with Gasteiger partial charge in [0.2, 0.25) is 5.91 Å². The monoisotopic (exact) mass is 398 g/mol. The van der Waals surface area contributed by atoms with Gasteiger partial charge >= 0.3 is 0 Å². The van der Waals surface area contributed by atoms with E-state index in [1.54, 1.807) is 18.3 Å². The molecule has 2 fully saturated rings. The number of likely N-dealkylation sites (tertiary alicyclic amines) is 1. The summed E-state index contributed by atoms with van der Waals surface area (Å²) in [5.41, 5.74) is 1.07. The molecule has 2 aliphatic rings. The molecule has 4 rings (SSSR count). The fourth-order valence-corrected chi connectivity index (χ4v) is 5.82. The lowest BCUT2D eigenvalue weighted by Crippen LogP contribution is -2.51. The third-order valence-electron chi connectivity index (χ3n) is 6.50. The Balaban J connectivity index is 1.68. The molecule has 1 aliphatic heterocycles. The SMILES string of the molecule is CC(=O)N1CCCCCC1Cc1c(C(=O)NC2(C)CCC2)sc2ccccc12. The maximum absolute atomic E-state index is 13.2. The van der Waals surface area contributed by atoms with Crippen molar-refractivity contribution in [1.29, 1.82) is 0 Å². The van der Waals surface area contributed by atoms with E-state index in [4.69, 9.17) is 0 Å². The molecule has 150 valence electrons. The van der Waals surface area contributed by atoms with Crippen molar-refractivity contribution in [2.24, 2.45) is 0 Å². The second-order valence-corrected chi connectivity index (χ2v) is 9.75. The highest BCUT2D eigenvalue weighted by Gasteiger charge is 2.35. The number of nitrogens with one attached hydrogen (secondary N) is 1. The number of benzene rings is 1. The van der Waals surface area contributed by atoms with Gasteiger partial charge in [0.15, 0.2) is 0 Å². The molecule has 4 nitrogen and oxygen atoms in total. The standard InChI is InChI=1S/C23H30N2O2S/c1-16(26)25-14-7-3-4-9-17(25)15-19-18-10-5-6-11-20(18)28-21(19)22(27)24-23(2)12-8-13-23/h5-6,10-11,17H,3-4,7-9,12-15H2,1-2H3,(H,24,27). The average molecular weight is 399 g/mol. The lowest BCUT2D eigenvalue weighted by atomic mass is 9.78. The van der Waals surface area contributed by atoms with Crippen LogP contribution in [0.4, 0.5) is 0 Å². The summed E-state index contributed by atoms with van der Waals surface area (Å²) in [4.78, 5) is 28.3. The predicted octanol–water partition coefficient (Wildman–Crippen LogP) is 4.91. The lowest BCUT2D eigenvalue weighted by molar-refractivity contribution is -0.131. The van der Waals surface area contributed by atoms with Crippen LogP contribution in [0, 0.1) is 0 Å². The van der Waals surface area contributed by atoms with Crippen molar-refractivity contribution >= 4 is 33.2 Å². The summed E-state index contributed by atoms with van der Waals surface area (Å²) >= 11 is 1.60. The number of carbonyl (C=O) groups excluding carboxylic acids is 2. The fraction of sp³-hybridized carbons (Fsp3) is 0.565. The molecule has 1 atom stereocenters. The number of thiophene rings is 1. The Kier molecular flexibility index (Phi) is 5.46. The van der Waals surface area contributed by atoms with Crippen LogP contribution >= 0.6 is 11.3 Å². The smallest absolute Gasteiger partial charge is 0.262 e. The van der Waals surface area contributed by atoms with Gasteiger partial charge in [-0.1, -0.05) is 31.0 Å². The number of hydrogen-bond acceptors (Lipinski definition) is 3. The lowest BCUT2D eigenvalue weighted by Gasteiger charge is -2.39. The Morgan fingerprint density at radius 3 is 2.68 bits per heavy atom. The van der Waals surface area contributed by atoms with Crippen LogP contribution in [0.3, 0.4) is 0 Å². The van der Waals surface area contributed by atoms with Crippen LogP contribution in [0.1, 0.15) is 74.0 Å². The number of carbonyl (C=O) groups is 2. The van der Waals surface area contributed by atoms with Gasteiger partial charge < -0.3 is 10.2 Å². The quantitative estimate of drug-likeness (QED) is 0.796. The molecule has 5 heteroatoms. The summed E-state index contributed by atoms with van der Waals surface area (Å²) in [7, 11) is 0. The molecule has 0 bridgehead atoms. The fourth-order valence-electron chi connectivity index (χ4n) is 4.69. The van der Waals surface area contributed by atoms with Crippen LogP contribution in [-0.4, -0.2) is 34.8 Å². The molecule has 1 N–H and O–H groups in total. The Labute approximate surface area is 171 Å². The van der Waals surface area contributed by atoms with Crippen LogP contribution in [-0.2, 0) is 11.2 Å². The first kappa shape index (κ1) is 19.4. The molecule has 28 heavy (non-hydrogen) atoms. The predicted molar refractivity (Wildman–Crippen MR) is 115 cm³/mol. The van der Waals surface area contributed by atoms with Gasteiger partial charge in [-0.3, -0.25) is 9.59 Å². The molecule has 2 heterocycles. The maximum Gasteiger partial charge on any atom is 0.262 e. The molecule has 1 saturated heterocycles. The van der Waals surface area contributed by atoms with Crippen molar-refractivity contribution in [2.75, 3.05) is 6.54 Å². The number of fused-ring (bicyclic) bond motifs is 1. The summed E-state index contributed by atoms with van der Waals surface area (Å²) in [5.74, 6) is 0.209. The zero-order chi connectivity index (χ0) is 19.7. The minimum Gasteiger partial charge on any atom is -0.346 e. The number of rotatable bonds is 4. The van der Waals surface area contributed by atoms with E-state index in [1.807, 2.05) is 17.0 Å². The van der Waals surface area contributed by atoms with E-state index in [0.29, 0.717) is 0 Å². The topological polar surface area (TPSA) is 49.4 Å². The van der Waals surface area contributed by atoms with Gasteiger partial charge in [0.25, 0.3) is 5.91 Å². The molecular weight excluding hydrogens is 368 g/mol. The minimum atomic E-state index is -0.0573. The van der Waals surface area contributed by atoms with Gasteiger partial charge in [0, 0.05) is 29.7 Å². The molecule has 1 saturated carbocycles. The third kappa shape index (κ3) is 3.82. The first-order valence-electron chi connectivity index (χ1n) is 10.6. The second kappa shape index (κ2) is 7.86. The Morgan fingerprint density at radius 2 is 1.96 bits per heavy atom. The Morgan fingerprint density at radius 1 is 1.18 bits per heavy atom. The van der Waals surface area contributed by atoms with E-state index in [9.17, 15) is 9.59 Å². The van der Waals surface area contributed by atoms with Gasteiger partial charge in [-0.15, -0.1) is 11.3 Å². The molecule has 2 aromatic rings. The highest BCUT2D eigenvalue weighted by molar-refractivity contribution is 7.21. The van der Waals surface area contributed by atoms with Gasteiger partial charge in [-0.25, -0.2) is 0 Å². The van der Waals surface area contributed by atoms with E-state index in [-0.39, 0.29) is 23.4 Å². The highest BCUT2D eigenvalue weighted by atomic mass is 32.1. The summed E-state index contributed by atoms with van der Waals surface area (Å²) in [5, 5.41) is 4.46. The van der Waals surface area contributed by atoms with Crippen molar-refractivity contribution in [1.82, 2.24) is 10.2 Å². The van der Waals surface area contributed by atoms with Gasteiger partial charge in [-0.05, 0) is 62.5 Å². The van der Waals surface area contributed by atoms with E-state index in [2.05, 4.69) is 24.4 Å². The van der Waals surface area contributed by atoms with Crippen molar-refractivity contribution in [3.05, 3.63) is 34.7 Å². The van der Waals surface area contributed by atoms with E-state index in [1.165, 1.54) is 18.2 Å². The summed E-state index contributed by atoms with van der Waals surface area (Å²) < 4.78 is 1.16. The van der Waals surface area contributed by atoms with E-state index in [0.717, 1.165) is 60.2 Å². The van der Waals surface area contributed by atoms with Crippen LogP contribution in [0.5, 0.6) is 0 Å².